The van der Waals surface area contributed by atoms with Crippen LogP contribution in [0.5, 0.6) is 11.5 Å². The number of hydrogen-bond acceptors (Lipinski definition) is 6. The summed E-state index contributed by atoms with van der Waals surface area (Å²) >= 11 is 1.14. The van der Waals surface area contributed by atoms with Crippen LogP contribution in [0.1, 0.15) is 27.0 Å². The highest BCUT2D eigenvalue weighted by atomic mass is 32.1. The molecule has 3 rings (SSSR count). The zero-order valence-electron chi connectivity index (χ0n) is 11.2. The lowest BCUT2D eigenvalue weighted by Gasteiger charge is -2.20. The molecule has 0 spiro atoms. The molecule has 1 aliphatic heterocycles. The third-order valence-corrected chi connectivity index (χ3v) is 3.90. The molecular weight excluding hydrogens is 292 g/mol. The molecule has 1 amide bonds. The number of fused-ring (bicyclic) bond motifs is 1. The smallest absolute Gasteiger partial charge is 0.261 e. The summed E-state index contributed by atoms with van der Waals surface area (Å²) in [5.74, 6) is 0.561. The van der Waals surface area contributed by atoms with Crippen molar-refractivity contribution in [1.82, 2.24) is 4.98 Å². The Morgan fingerprint density at radius 1 is 1.29 bits per heavy atom. The molecule has 108 valence electrons. The first-order valence-corrected chi connectivity index (χ1v) is 7.13. The summed E-state index contributed by atoms with van der Waals surface area (Å²) in [6, 6.07) is 5.14. The van der Waals surface area contributed by atoms with Gasteiger partial charge in [-0.3, -0.25) is 14.9 Å². The Labute approximate surface area is 124 Å². The van der Waals surface area contributed by atoms with Gasteiger partial charge >= 0.3 is 0 Å². The van der Waals surface area contributed by atoms with Crippen LogP contribution in [-0.2, 0) is 0 Å². The first-order valence-electron chi connectivity index (χ1n) is 6.32. The number of carbonyl (C=O) groups excluding carboxylic acids is 2. The number of benzene rings is 1. The summed E-state index contributed by atoms with van der Waals surface area (Å²) in [5, 5.41) is 3.04. The number of anilines is 1. The Hall–Kier alpha value is -2.41. The van der Waals surface area contributed by atoms with Crippen LogP contribution in [0, 0.1) is 0 Å². The molecule has 1 aromatic heterocycles. The molecule has 2 aromatic rings. The predicted molar refractivity (Wildman–Crippen MR) is 77.5 cm³/mol. The van der Waals surface area contributed by atoms with Crippen LogP contribution in [0.4, 0.5) is 5.13 Å². The van der Waals surface area contributed by atoms with E-state index < -0.39 is 0 Å². The monoisotopic (exact) mass is 304 g/mol. The average molecular weight is 304 g/mol. The van der Waals surface area contributed by atoms with Crippen molar-refractivity contribution in [3.63, 3.8) is 0 Å². The van der Waals surface area contributed by atoms with E-state index in [0.29, 0.717) is 40.3 Å². The van der Waals surface area contributed by atoms with Gasteiger partial charge in [0.1, 0.15) is 13.2 Å². The molecule has 0 saturated carbocycles. The van der Waals surface area contributed by atoms with E-state index in [0.717, 1.165) is 11.3 Å². The fraction of sp³-hybridized carbons (Fsp3) is 0.214. The van der Waals surface area contributed by atoms with Crippen molar-refractivity contribution >= 4 is 28.2 Å². The number of nitrogens with one attached hydrogen (secondary N) is 1. The number of hydrogen-bond donors (Lipinski definition) is 1. The lowest BCUT2D eigenvalue weighted by molar-refractivity contribution is 0.100. The lowest BCUT2D eigenvalue weighted by atomic mass is 10.1. The number of aromatic nitrogens is 1. The second-order valence-corrected chi connectivity index (χ2v) is 5.40. The zero-order valence-corrected chi connectivity index (χ0v) is 12.0. The maximum Gasteiger partial charge on any atom is 0.261 e. The van der Waals surface area contributed by atoms with E-state index in [4.69, 9.17) is 9.47 Å². The van der Waals surface area contributed by atoms with Gasteiger partial charge in [-0.1, -0.05) is 17.4 Å². The van der Waals surface area contributed by atoms with Gasteiger partial charge in [0.2, 0.25) is 0 Å². The molecule has 0 radical (unpaired) electrons. The highest BCUT2D eigenvalue weighted by molar-refractivity contribution is 7.17. The van der Waals surface area contributed by atoms with Gasteiger partial charge in [0.25, 0.3) is 5.91 Å². The van der Waals surface area contributed by atoms with Crippen LogP contribution >= 0.6 is 11.3 Å². The number of Topliss-reactive ketones (excluding diaryl/α,β-unsaturated/α-hetero) is 1. The van der Waals surface area contributed by atoms with Crippen LogP contribution < -0.4 is 14.8 Å². The minimum atomic E-state index is -0.346. The maximum absolute atomic E-state index is 12.3. The van der Waals surface area contributed by atoms with E-state index in [9.17, 15) is 9.59 Å². The van der Waals surface area contributed by atoms with Crippen LogP contribution in [0.2, 0.25) is 0 Å². The normalized spacial score (nSPS) is 12.8. The lowest BCUT2D eigenvalue weighted by Crippen LogP contribution is -2.20. The summed E-state index contributed by atoms with van der Waals surface area (Å²) in [6.07, 6.45) is 1.45. The van der Waals surface area contributed by atoms with Crippen molar-refractivity contribution < 1.29 is 19.1 Å². The second-order valence-electron chi connectivity index (χ2n) is 4.37. The maximum atomic E-state index is 12.3. The van der Waals surface area contributed by atoms with Gasteiger partial charge in [-0.25, -0.2) is 4.98 Å². The molecule has 0 aliphatic carbocycles. The number of para-hydroxylation sites is 1. The molecule has 0 atom stereocenters. The van der Waals surface area contributed by atoms with E-state index in [-0.39, 0.29) is 11.7 Å². The van der Waals surface area contributed by atoms with Crippen LogP contribution in [0.25, 0.3) is 0 Å². The Morgan fingerprint density at radius 3 is 2.86 bits per heavy atom. The van der Waals surface area contributed by atoms with Crippen molar-refractivity contribution in [1.29, 1.82) is 0 Å². The Balaban J connectivity index is 1.83. The summed E-state index contributed by atoms with van der Waals surface area (Å²) < 4.78 is 10.9. The van der Waals surface area contributed by atoms with Gasteiger partial charge in [0.15, 0.2) is 22.4 Å². The largest absolute Gasteiger partial charge is 0.486 e. The van der Waals surface area contributed by atoms with Crippen LogP contribution in [0.3, 0.4) is 0 Å². The van der Waals surface area contributed by atoms with Crippen LogP contribution in [-0.4, -0.2) is 29.9 Å². The minimum absolute atomic E-state index is 0.0816. The molecule has 6 nitrogen and oxygen atoms in total. The first-order chi connectivity index (χ1) is 10.1. The third-order valence-electron chi connectivity index (χ3n) is 2.88. The molecule has 0 fully saturated rings. The highest BCUT2D eigenvalue weighted by Crippen LogP contribution is 2.34. The minimum Gasteiger partial charge on any atom is -0.486 e. The van der Waals surface area contributed by atoms with E-state index in [2.05, 4.69) is 10.3 Å². The molecular formula is C14H12N2O4S. The topological polar surface area (TPSA) is 77.5 Å². The standard InChI is InChI=1S/C14H12N2O4S/c1-8(17)11-7-15-14(21-11)16-13(18)9-3-2-4-10-12(9)20-6-5-19-10/h2-4,7H,5-6H2,1H3,(H,15,16,18). The molecule has 7 heteroatoms. The molecule has 1 aliphatic rings. The number of thiazole rings is 1. The van der Waals surface area contributed by atoms with Crippen molar-refractivity contribution in [2.75, 3.05) is 18.5 Å². The molecule has 0 unspecified atom stereocenters. The number of ether oxygens (including phenoxy) is 2. The molecule has 1 aromatic carbocycles. The van der Waals surface area contributed by atoms with E-state index in [1.54, 1.807) is 18.2 Å². The highest BCUT2D eigenvalue weighted by Gasteiger charge is 2.21. The summed E-state index contributed by atoms with van der Waals surface area (Å²) in [5.41, 5.74) is 0.381. The van der Waals surface area contributed by atoms with Crippen molar-refractivity contribution in [2.45, 2.75) is 6.92 Å². The molecule has 21 heavy (non-hydrogen) atoms. The van der Waals surface area contributed by atoms with E-state index in [1.807, 2.05) is 0 Å². The van der Waals surface area contributed by atoms with Gasteiger partial charge in [0, 0.05) is 6.92 Å². The second kappa shape index (κ2) is 5.53. The average Bonchev–Trinajstić information content (AvgIpc) is 2.95. The number of carbonyl (C=O) groups is 2. The first kappa shape index (κ1) is 13.6. The van der Waals surface area contributed by atoms with Crippen LogP contribution in [0.15, 0.2) is 24.4 Å². The summed E-state index contributed by atoms with van der Waals surface area (Å²) in [7, 11) is 0. The number of nitrogens with zero attached hydrogens (tertiary/aromatic N) is 1. The molecule has 0 bridgehead atoms. The van der Waals surface area contributed by atoms with E-state index >= 15 is 0 Å². The summed E-state index contributed by atoms with van der Waals surface area (Å²) in [6.45, 7) is 2.33. The molecule has 0 saturated heterocycles. The predicted octanol–water partition coefficient (Wildman–Crippen LogP) is 2.37. The fourth-order valence-electron chi connectivity index (χ4n) is 1.91. The van der Waals surface area contributed by atoms with Gasteiger partial charge in [-0.15, -0.1) is 0 Å². The van der Waals surface area contributed by atoms with Crippen molar-refractivity contribution in [3.05, 3.63) is 34.8 Å². The van der Waals surface area contributed by atoms with Gasteiger partial charge < -0.3 is 9.47 Å². The van der Waals surface area contributed by atoms with Gasteiger partial charge in [-0.2, -0.15) is 0 Å². The Bertz CT molecular complexity index is 711. The van der Waals surface area contributed by atoms with Gasteiger partial charge in [0.05, 0.1) is 16.6 Å². The summed E-state index contributed by atoms with van der Waals surface area (Å²) in [4.78, 5) is 28.0. The van der Waals surface area contributed by atoms with E-state index in [1.165, 1.54) is 13.1 Å². The fourth-order valence-corrected chi connectivity index (χ4v) is 2.62. The third kappa shape index (κ3) is 2.73. The zero-order chi connectivity index (χ0) is 14.8. The quantitative estimate of drug-likeness (QED) is 0.881. The SMILES string of the molecule is CC(=O)c1cnc(NC(=O)c2cccc3c2OCCO3)s1. The van der Waals surface area contributed by atoms with Crippen molar-refractivity contribution in [3.8, 4) is 11.5 Å². The Morgan fingerprint density at radius 2 is 2.10 bits per heavy atom. The number of rotatable bonds is 3. The molecule has 2 heterocycles. The van der Waals surface area contributed by atoms with Gasteiger partial charge in [-0.05, 0) is 12.1 Å². The Kier molecular flexibility index (Phi) is 3.57. The molecule has 1 N–H and O–H groups in total. The van der Waals surface area contributed by atoms with Crippen molar-refractivity contribution in [2.24, 2.45) is 0 Å². The number of ketones is 1. The number of amides is 1.